The molecule has 0 radical (unpaired) electrons. The van der Waals surface area contributed by atoms with Crippen LogP contribution in [0.2, 0.25) is 0 Å². The Morgan fingerprint density at radius 3 is 2.34 bits per heavy atom. The highest BCUT2D eigenvalue weighted by Gasteiger charge is 2.49. The Hall–Kier alpha value is -2.37. The molecule has 1 atom stereocenters. The first-order valence-electron chi connectivity index (χ1n) is 11.0. The van der Waals surface area contributed by atoms with Gasteiger partial charge in [-0.25, -0.2) is 4.79 Å². The summed E-state index contributed by atoms with van der Waals surface area (Å²) in [4.78, 5) is 39.1. The number of carbonyl (C=O) groups excluding carboxylic acids is 3. The minimum absolute atomic E-state index is 0.140. The second-order valence-electron chi connectivity index (χ2n) is 8.50. The van der Waals surface area contributed by atoms with Crippen molar-refractivity contribution >= 4 is 17.8 Å². The van der Waals surface area contributed by atoms with Crippen LogP contribution in [0.5, 0.6) is 0 Å². The van der Waals surface area contributed by atoms with E-state index in [0.29, 0.717) is 0 Å². The van der Waals surface area contributed by atoms with Gasteiger partial charge >= 0.3 is 6.03 Å². The maximum atomic E-state index is 13.0. The molecule has 6 heteroatoms. The molecule has 0 spiro atoms. The van der Waals surface area contributed by atoms with E-state index in [2.05, 4.69) is 17.6 Å². The highest BCUT2D eigenvalue weighted by atomic mass is 16.2. The predicted octanol–water partition coefficient (Wildman–Crippen LogP) is 3.64. The molecule has 1 saturated heterocycles. The van der Waals surface area contributed by atoms with Crippen molar-refractivity contribution in [2.45, 2.75) is 83.2 Å². The molecular formula is C23H33N3O3. The maximum Gasteiger partial charge on any atom is 0.325 e. The van der Waals surface area contributed by atoms with E-state index in [1.54, 1.807) is 6.92 Å². The number of hydrogen-bond acceptors (Lipinski definition) is 3. The molecule has 0 aromatic heterocycles. The minimum atomic E-state index is -1.14. The van der Waals surface area contributed by atoms with Gasteiger partial charge in [-0.05, 0) is 37.3 Å². The van der Waals surface area contributed by atoms with Crippen molar-refractivity contribution in [3.8, 4) is 0 Å². The number of carbonyl (C=O) groups is 3. The van der Waals surface area contributed by atoms with Crippen LogP contribution in [-0.2, 0) is 21.5 Å². The van der Waals surface area contributed by atoms with Crippen molar-refractivity contribution in [2.75, 3.05) is 6.54 Å². The third kappa shape index (κ3) is 4.98. The van der Waals surface area contributed by atoms with Crippen molar-refractivity contribution in [3.63, 3.8) is 0 Å². The van der Waals surface area contributed by atoms with Crippen LogP contribution in [0.25, 0.3) is 0 Å². The molecule has 0 bridgehead atoms. The van der Waals surface area contributed by atoms with E-state index in [1.165, 1.54) is 24.8 Å². The second kappa shape index (κ2) is 9.42. The van der Waals surface area contributed by atoms with Crippen LogP contribution < -0.4 is 10.6 Å². The molecule has 1 aromatic rings. The molecule has 2 aliphatic rings. The Balaban J connectivity index is 1.64. The number of aryl methyl sites for hydroxylation is 1. The summed E-state index contributed by atoms with van der Waals surface area (Å²) in [5.74, 6) is -0.639. The average Bonchev–Trinajstić information content (AvgIpc) is 2.89. The summed E-state index contributed by atoms with van der Waals surface area (Å²) in [6, 6.07) is 7.40. The van der Waals surface area contributed by atoms with E-state index in [0.717, 1.165) is 49.0 Å². The first-order chi connectivity index (χ1) is 13.9. The van der Waals surface area contributed by atoms with Crippen LogP contribution in [0.15, 0.2) is 24.3 Å². The molecule has 1 aromatic carbocycles. The molecule has 2 fully saturated rings. The van der Waals surface area contributed by atoms with Crippen molar-refractivity contribution < 1.29 is 14.4 Å². The molecule has 1 aliphatic heterocycles. The quantitative estimate of drug-likeness (QED) is 0.717. The summed E-state index contributed by atoms with van der Waals surface area (Å²) >= 11 is 0. The van der Waals surface area contributed by atoms with E-state index in [9.17, 15) is 14.4 Å². The highest BCUT2D eigenvalue weighted by molar-refractivity contribution is 6.09. The van der Waals surface area contributed by atoms with Gasteiger partial charge in [0, 0.05) is 6.04 Å². The van der Waals surface area contributed by atoms with Gasteiger partial charge in [-0.15, -0.1) is 0 Å². The van der Waals surface area contributed by atoms with Crippen LogP contribution in [0.3, 0.4) is 0 Å². The lowest BCUT2D eigenvalue weighted by Gasteiger charge is -2.24. The standard InChI is InChI=1S/C23H33N3O3/c1-3-9-17-12-14-18(15-13-17)23(2)21(28)26(22(29)25-23)16-20(27)24-19-10-7-5-4-6-8-11-19/h12-15,19H,3-11,16H2,1-2H3,(H,24,27)(H,25,29)/t23-/m1/s1. The Bertz CT molecular complexity index is 738. The summed E-state index contributed by atoms with van der Waals surface area (Å²) < 4.78 is 0. The van der Waals surface area contributed by atoms with Crippen LogP contribution in [0.1, 0.15) is 76.3 Å². The smallest absolute Gasteiger partial charge is 0.325 e. The Morgan fingerprint density at radius 2 is 1.72 bits per heavy atom. The van der Waals surface area contributed by atoms with Gasteiger partial charge in [-0.3, -0.25) is 14.5 Å². The van der Waals surface area contributed by atoms with Crippen LogP contribution in [-0.4, -0.2) is 35.3 Å². The zero-order chi connectivity index (χ0) is 20.9. The lowest BCUT2D eigenvalue weighted by Crippen LogP contribution is -2.45. The summed E-state index contributed by atoms with van der Waals surface area (Å²) in [5.41, 5.74) is 0.799. The van der Waals surface area contributed by atoms with E-state index in [4.69, 9.17) is 0 Å². The lowest BCUT2D eigenvalue weighted by atomic mass is 9.91. The molecule has 1 heterocycles. The van der Waals surface area contributed by atoms with E-state index >= 15 is 0 Å². The fourth-order valence-electron chi connectivity index (χ4n) is 4.35. The number of imide groups is 1. The van der Waals surface area contributed by atoms with Gasteiger partial charge in [-0.2, -0.15) is 0 Å². The topological polar surface area (TPSA) is 78.5 Å². The van der Waals surface area contributed by atoms with Crippen LogP contribution in [0, 0.1) is 0 Å². The molecule has 4 amide bonds. The van der Waals surface area contributed by atoms with Crippen molar-refractivity contribution in [1.29, 1.82) is 0 Å². The molecule has 3 rings (SSSR count). The van der Waals surface area contributed by atoms with Gasteiger partial charge in [0.05, 0.1) is 0 Å². The Kier molecular flexibility index (Phi) is 6.93. The Morgan fingerprint density at radius 1 is 1.10 bits per heavy atom. The van der Waals surface area contributed by atoms with Crippen molar-refractivity contribution in [3.05, 3.63) is 35.4 Å². The van der Waals surface area contributed by atoms with Crippen molar-refractivity contribution in [2.24, 2.45) is 0 Å². The summed E-state index contributed by atoms with van der Waals surface area (Å²) in [6.45, 7) is 3.59. The van der Waals surface area contributed by atoms with Gasteiger partial charge in [0.1, 0.15) is 12.1 Å². The SMILES string of the molecule is CCCc1ccc([C@@]2(C)NC(=O)N(CC(=O)NC3CCCCCCC3)C2=O)cc1. The molecule has 29 heavy (non-hydrogen) atoms. The number of amides is 4. The zero-order valence-corrected chi connectivity index (χ0v) is 17.6. The lowest BCUT2D eigenvalue weighted by molar-refractivity contribution is -0.135. The van der Waals surface area contributed by atoms with Gasteiger partial charge in [0.15, 0.2) is 0 Å². The molecule has 1 saturated carbocycles. The summed E-state index contributed by atoms with van der Waals surface area (Å²) in [5, 5.41) is 5.81. The maximum absolute atomic E-state index is 13.0. The fraction of sp³-hybridized carbons (Fsp3) is 0.609. The number of hydrogen-bond donors (Lipinski definition) is 2. The number of benzene rings is 1. The second-order valence-corrected chi connectivity index (χ2v) is 8.50. The third-order valence-electron chi connectivity index (χ3n) is 6.12. The predicted molar refractivity (Wildman–Crippen MR) is 112 cm³/mol. The van der Waals surface area contributed by atoms with Gasteiger partial charge in [0.2, 0.25) is 5.91 Å². The highest BCUT2D eigenvalue weighted by Crippen LogP contribution is 2.29. The van der Waals surface area contributed by atoms with Gasteiger partial charge in [0.25, 0.3) is 5.91 Å². The largest absolute Gasteiger partial charge is 0.352 e. The molecule has 2 N–H and O–H groups in total. The fourth-order valence-corrected chi connectivity index (χ4v) is 4.35. The van der Waals surface area contributed by atoms with E-state index in [-0.39, 0.29) is 24.4 Å². The molecule has 1 aliphatic carbocycles. The number of nitrogens with one attached hydrogen (secondary N) is 2. The van der Waals surface area contributed by atoms with Crippen LogP contribution in [0.4, 0.5) is 4.79 Å². The number of rotatable bonds is 6. The van der Waals surface area contributed by atoms with Gasteiger partial charge in [-0.1, -0.05) is 69.7 Å². The molecule has 158 valence electrons. The normalized spacial score (nSPS) is 23.4. The number of nitrogens with zero attached hydrogens (tertiary/aromatic N) is 1. The molecule has 0 unspecified atom stereocenters. The summed E-state index contributed by atoms with van der Waals surface area (Å²) in [7, 11) is 0. The van der Waals surface area contributed by atoms with E-state index in [1.807, 2.05) is 24.3 Å². The molecular weight excluding hydrogens is 366 g/mol. The van der Waals surface area contributed by atoms with Crippen LogP contribution >= 0.6 is 0 Å². The monoisotopic (exact) mass is 399 g/mol. The Labute approximate surface area is 173 Å². The summed E-state index contributed by atoms with van der Waals surface area (Å²) in [6.07, 6.45) is 9.85. The first kappa shape index (κ1) is 21.3. The average molecular weight is 400 g/mol. The van der Waals surface area contributed by atoms with Crippen molar-refractivity contribution in [1.82, 2.24) is 15.5 Å². The first-order valence-corrected chi connectivity index (χ1v) is 11.0. The number of urea groups is 1. The van der Waals surface area contributed by atoms with Gasteiger partial charge < -0.3 is 10.6 Å². The minimum Gasteiger partial charge on any atom is -0.352 e. The zero-order valence-electron chi connectivity index (χ0n) is 17.6. The third-order valence-corrected chi connectivity index (χ3v) is 6.12. The van der Waals surface area contributed by atoms with E-state index < -0.39 is 11.6 Å². The molecule has 6 nitrogen and oxygen atoms in total.